The highest BCUT2D eigenvalue weighted by Crippen LogP contribution is 2.11. The average Bonchev–Trinajstić information content (AvgIpc) is 2.37. The molecular formula is C15H20ClNO4. The molecule has 0 aliphatic heterocycles. The number of nitrogens with one attached hydrogen (secondary N) is 1. The van der Waals surface area contributed by atoms with Gasteiger partial charge in [-0.1, -0.05) is 29.8 Å². The van der Waals surface area contributed by atoms with Gasteiger partial charge in [0.2, 0.25) is 0 Å². The highest BCUT2D eigenvalue weighted by molar-refractivity contribution is 6.17. The van der Waals surface area contributed by atoms with Crippen molar-refractivity contribution in [3.8, 4) is 0 Å². The van der Waals surface area contributed by atoms with Gasteiger partial charge in [-0.3, -0.25) is 0 Å². The van der Waals surface area contributed by atoms with Crippen LogP contribution in [0.2, 0.25) is 0 Å². The summed E-state index contributed by atoms with van der Waals surface area (Å²) in [5, 5.41) is 2.65. The summed E-state index contributed by atoms with van der Waals surface area (Å²) in [6.07, 6.45) is 0.00982. The maximum atomic E-state index is 11.7. The zero-order valence-corrected chi connectivity index (χ0v) is 13.2. The van der Waals surface area contributed by atoms with Crippen molar-refractivity contribution in [2.45, 2.75) is 32.8 Å². The number of rotatable bonds is 5. The van der Waals surface area contributed by atoms with Crippen LogP contribution in [-0.4, -0.2) is 30.3 Å². The molecule has 1 aromatic rings. The maximum Gasteiger partial charge on any atom is 0.407 e. The molecule has 0 heterocycles. The molecule has 1 rings (SSSR count). The molecule has 0 radical (unpaired) electrons. The van der Waals surface area contributed by atoms with E-state index in [0.717, 1.165) is 5.56 Å². The van der Waals surface area contributed by atoms with E-state index in [9.17, 15) is 9.59 Å². The lowest BCUT2D eigenvalue weighted by Gasteiger charge is -2.19. The van der Waals surface area contributed by atoms with Crippen LogP contribution in [0.4, 0.5) is 4.79 Å². The van der Waals surface area contributed by atoms with E-state index in [-0.39, 0.29) is 6.07 Å². The van der Waals surface area contributed by atoms with Gasteiger partial charge in [0.25, 0.3) is 0 Å². The number of halogens is 1. The summed E-state index contributed by atoms with van der Waals surface area (Å²) in [7, 11) is 0. The molecule has 1 amide bonds. The number of alkyl halides is 1. The minimum absolute atomic E-state index is 0.191. The Labute approximate surface area is 129 Å². The smallest absolute Gasteiger partial charge is 0.407 e. The van der Waals surface area contributed by atoms with E-state index in [1.165, 1.54) is 0 Å². The molecule has 0 aromatic heterocycles. The summed E-state index contributed by atoms with van der Waals surface area (Å²) in [5.74, 6) is -0.474. The van der Waals surface area contributed by atoms with Gasteiger partial charge < -0.3 is 14.8 Å². The standard InChI is InChI=1S/C15H20ClNO4/c1-15(2,3)21-14(19)17-9-8-11-6-4-5-7-12(11)13(18)20-10-16/h4-7H,8-10H2,1-3H3,(H,17,19). The number of carbonyl (C=O) groups excluding carboxylic acids is 2. The molecule has 0 saturated carbocycles. The summed E-state index contributed by atoms with van der Waals surface area (Å²) in [6.45, 7) is 5.75. The molecule has 0 fully saturated rings. The number of hydrogen-bond donors (Lipinski definition) is 1. The number of ether oxygens (including phenoxy) is 2. The van der Waals surface area contributed by atoms with E-state index >= 15 is 0 Å². The molecule has 1 N–H and O–H groups in total. The maximum absolute atomic E-state index is 11.7. The summed E-state index contributed by atoms with van der Waals surface area (Å²) < 4.78 is 9.91. The Morgan fingerprint density at radius 2 is 1.90 bits per heavy atom. The van der Waals surface area contributed by atoms with Crippen LogP contribution in [0.15, 0.2) is 24.3 Å². The minimum Gasteiger partial charge on any atom is -0.446 e. The van der Waals surface area contributed by atoms with Crippen LogP contribution < -0.4 is 5.32 Å². The van der Waals surface area contributed by atoms with Crippen molar-refractivity contribution in [2.75, 3.05) is 12.6 Å². The molecule has 6 heteroatoms. The Morgan fingerprint density at radius 3 is 2.52 bits per heavy atom. The van der Waals surface area contributed by atoms with Gasteiger partial charge >= 0.3 is 12.1 Å². The summed E-state index contributed by atoms with van der Waals surface area (Å²) >= 11 is 5.39. The number of alkyl carbamates (subject to hydrolysis) is 1. The van der Waals surface area contributed by atoms with Crippen molar-refractivity contribution in [3.63, 3.8) is 0 Å². The summed E-state index contributed by atoms with van der Waals surface area (Å²) in [4.78, 5) is 23.3. The lowest BCUT2D eigenvalue weighted by Crippen LogP contribution is -2.33. The number of hydrogen-bond acceptors (Lipinski definition) is 4. The second-order valence-electron chi connectivity index (χ2n) is 5.38. The average molecular weight is 314 g/mol. The molecule has 0 saturated heterocycles. The van der Waals surface area contributed by atoms with Gasteiger partial charge in [0.1, 0.15) is 5.60 Å². The minimum atomic E-state index is -0.536. The Hall–Kier alpha value is -1.75. The van der Waals surface area contributed by atoms with Gasteiger partial charge in [-0.15, -0.1) is 0 Å². The molecular weight excluding hydrogens is 294 g/mol. The van der Waals surface area contributed by atoms with E-state index in [1.54, 1.807) is 32.9 Å². The highest BCUT2D eigenvalue weighted by Gasteiger charge is 2.16. The SMILES string of the molecule is CC(C)(C)OC(=O)NCCc1ccccc1C(=O)OCCl. The van der Waals surface area contributed by atoms with Crippen molar-refractivity contribution in [1.29, 1.82) is 0 Å². The van der Waals surface area contributed by atoms with Gasteiger partial charge in [0, 0.05) is 6.54 Å². The lowest BCUT2D eigenvalue weighted by atomic mass is 10.0. The van der Waals surface area contributed by atoms with Crippen molar-refractivity contribution in [2.24, 2.45) is 0 Å². The van der Waals surface area contributed by atoms with Crippen LogP contribution in [0.25, 0.3) is 0 Å². The topological polar surface area (TPSA) is 64.6 Å². The van der Waals surface area contributed by atoms with Gasteiger partial charge in [0.05, 0.1) is 5.56 Å². The molecule has 0 aliphatic carbocycles. The van der Waals surface area contributed by atoms with Gasteiger partial charge in [0.15, 0.2) is 6.07 Å². The van der Waals surface area contributed by atoms with Gasteiger partial charge in [-0.2, -0.15) is 0 Å². The van der Waals surface area contributed by atoms with Gasteiger partial charge in [-0.25, -0.2) is 9.59 Å². The molecule has 0 atom stereocenters. The second kappa shape index (κ2) is 7.88. The summed E-state index contributed by atoms with van der Waals surface area (Å²) in [5.41, 5.74) is 0.694. The highest BCUT2D eigenvalue weighted by atomic mass is 35.5. The third kappa shape index (κ3) is 6.49. The fourth-order valence-electron chi connectivity index (χ4n) is 1.68. The molecule has 0 bridgehead atoms. The van der Waals surface area contributed by atoms with Gasteiger partial charge in [-0.05, 0) is 38.8 Å². The van der Waals surface area contributed by atoms with E-state index in [2.05, 4.69) is 5.32 Å². The predicted molar refractivity (Wildman–Crippen MR) is 80.5 cm³/mol. The van der Waals surface area contributed by atoms with Crippen molar-refractivity contribution in [1.82, 2.24) is 5.32 Å². The van der Waals surface area contributed by atoms with Crippen LogP contribution in [0.1, 0.15) is 36.7 Å². The molecule has 5 nitrogen and oxygen atoms in total. The number of carbonyl (C=O) groups is 2. The quantitative estimate of drug-likeness (QED) is 0.670. The molecule has 116 valence electrons. The normalized spacial score (nSPS) is 10.9. The first-order valence-corrected chi connectivity index (χ1v) is 7.15. The van der Waals surface area contributed by atoms with E-state index in [4.69, 9.17) is 21.1 Å². The van der Waals surface area contributed by atoms with E-state index < -0.39 is 17.7 Å². The first-order valence-electron chi connectivity index (χ1n) is 6.61. The molecule has 0 spiro atoms. The summed E-state index contributed by atoms with van der Waals surface area (Å²) in [6, 6.07) is 6.85. The van der Waals surface area contributed by atoms with E-state index in [0.29, 0.717) is 18.5 Å². The zero-order chi connectivity index (χ0) is 15.9. The Kier molecular flexibility index (Phi) is 6.49. The van der Waals surface area contributed by atoms with E-state index in [1.807, 2.05) is 12.1 Å². The Morgan fingerprint density at radius 1 is 1.24 bits per heavy atom. The van der Waals surface area contributed by atoms with Crippen LogP contribution >= 0.6 is 11.6 Å². The van der Waals surface area contributed by atoms with Crippen LogP contribution in [0, 0.1) is 0 Å². The Balaban J connectivity index is 2.56. The predicted octanol–water partition coefficient (Wildman–Crippen LogP) is 3.11. The molecule has 21 heavy (non-hydrogen) atoms. The first kappa shape index (κ1) is 17.3. The first-order chi connectivity index (χ1) is 9.83. The Bertz CT molecular complexity index is 497. The van der Waals surface area contributed by atoms with Crippen LogP contribution in [-0.2, 0) is 15.9 Å². The largest absolute Gasteiger partial charge is 0.446 e. The molecule has 0 aliphatic rings. The molecule has 0 unspecified atom stereocenters. The third-order valence-corrected chi connectivity index (χ3v) is 2.59. The number of esters is 1. The zero-order valence-electron chi connectivity index (χ0n) is 12.4. The fourth-order valence-corrected chi connectivity index (χ4v) is 1.78. The van der Waals surface area contributed by atoms with Crippen LogP contribution in [0.3, 0.4) is 0 Å². The van der Waals surface area contributed by atoms with Crippen LogP contribution in [0.5, 0.6) is 0 Å². The number of benzene rings is 1. The van der Waals surface area contributed by atoms with Crippen molar-refractivity contribution in [3.05, 3.63) is 35.4 Å². The number of amides is 1. The fraction of sp³-hybridized carbons (Fsp3) is 0.467. The lowest BCUT2D eigenvalue weighted by molar-refractivity contribution is 0.0528. The van der Waals surface area contributed by atoms with Crippen molar-refractivity contribution < 1.29 is 19.1 Å². The third-order valence-electron chi connectivity index (χ3n) is 2.49. The van der Waals surface area contributed by atoms with Crippen molar-refractivity contribution >= 4 is 23.7 Å². The molecule has 1 aromatic carbocycles. The monoisotopic (exact) mass is 313 g/mol. The second-order valence-corrected chi connectivity index (χ2v) is 5.59.